The fourth-order valence-corrected chi connectivity index (χ4v) is 7.13. The Labute approximate surface area is 198 Å². The number of Topliss-reactive ketones (excluding diaryl/α,β-unsaturated/α-hetero) is 1. The highest BCUT2D eigenvalue weighted by Crippen LogP contribution is 2.62. The number of aliphatic hydroxyl groups is 1. The molecule has 1 N–H and O–H groups in total. The minimum Gasteiger partial charge on any atom is -0.385 e. The SMILES string of the molecule is C=C(C)[C@]1(O)CCC2C3CC=C4CC(=O)CCC4=C3[C@@H](c3ccc(N(C)C)cc3)OC[C@@]21C. The molecule has 176 valence electrons. The average Bonchev–Trinajstić information content (AvgIpc) is 2.97. The first-order chi connectivity index (χ1) is 15.7. The van der Waals surface area contributed by atoms with E-state index in [1.54, 1.807) is 0 Å². The molecule has 1 aromatic carbocycles. The van der Waals surface area contributed by atoms with Gasteiger partial charge in [-0.3, -0.25) is 4.79 Å². The number of carbonyl (C=O) groups is 1. The summed E-state index contributed by atoms with van der Waals surface area (Å²) in [4.78, 5) is 14.4. The van der Waals surface area contributed by atoms with Crippen molar-refractivity contribution in [3.63, 3.8) is 0 Å². The van der Waals surface area contributed by atoms with Crippen LogP contribution in [0.4, 0.5) is 5.69 Å². The van der Waals surface area contributed by atoms with Crippen LogP contribution in [0, 0.1) is 17.3 Å². The van der Waals surface area contributed by atoms with E-state index in [0.717, 1.165) is 42.5 Å². The third-order valence-electron chi connectivity index (χ3n) is 9.11. The van der Waals surface area contributed by atoms with Gasteiger partial charge in [-0.2, -0.15) is 0 Å². The second-order valence-corrected chi connectivity index (χ2v) is 11.1. The number of benzene rings is 1. The summed E-state index contributed by atoms with van der Waals surface area (Å²) in [6.07, 6.45) is 6.78. The Bertz CT molecular complexity index is 1050. The first kappa shape index (κ1) is 22.6. The Morgan fingerprint density at radius 2 is 1.94 bits per heavy atom. The molecule has 0 aromatic heterocycles. The summed E-state index contributed by atoms with van der Waals surface area (Å²) in [5.74, 6) is 0.979. The Morgan fingerprint density at radius 1 is 1.21 bits per heavy atom. The highest BCUT2D eigenvalue weighted by molar-refractivity contribution is 5.84. The van der Waals surface area contributed by atoms with Gasteiger partial charge < -0.3 is 14.7 Å². The van der Waals surface area contributed by atoms with Crippen LogP contribution in [0.25, 0.3) is 0 Å². The number of fused-ring (bicyclic) bond motifs is 4. The van der Waals surface area contributed by atoms with Gasteiger partial charge in [0, 0.05) is 38.0 Å². The Balaban J connectivity index is 1.64. The molecule has 5 rings (SSSR count). The maximum absolute atomic E-state index is 12.3. The highest BCUT2D eigenvalue weighted by Gasteiger charge is 2.61. The predicted octanol–water partition coefficient (Wildman–Crippen LogP) is 5.54. The van der Waals surface area contributed by atoms with Crippen LogP contribution in [0.5, 0.6) is 0 Å². The molecule has 3 fully saturated rings. The van der Waals surface area contributed by atoms with Gasteiger partial charge in [-0.05, 0) is 84.4 Å². The molecule has 0 radical (unpaired) electrons. The number of allylic oxidation sites excluding steroid dienone is 3. The van der Waals surface area contributed by atoms with Crippen LogP contribution < -0.4 is 4.90 Å². The van der Waals surface area contributed by atoms with Crippen molar-refractivity contribution >= 4 is 11.5 Å². The molecular formula is C29H37NO3. The number of hydrogen-bond acceptors (Lipinski definition) is 4. The standard InChI is InChI=1S/C29H37NO3/c1-18(2)29(32)15-14-25-24-12-8-20-16-22(31)11-13-23(20)26(24)27(33-17-28(25,29)3)19-6-9-21(10-7-19)30(4)5/h6-10,24-25,27,32H,1,11-17H2,2-5H3/t24?,25?,27-,28+,29-/m1/s1. The maximum atomic E-state index is 12.3. The molecule has 1 aromatic rings. The summed E-state index contributed by atoms with van der Waals surface area (Å²) in [5, 5.41) is 11.8. The first-order valence-corrected chi connectivity index (χ1v) is 12.4. The van der Waals surface area contributed by atoms with Crippen molar-refractivity contribution in [1.82, 2.24) is 0 Å². The van der Waals surface area contributed by atoms with Crippen molar-refractivity contribution in [2.24, 2.45) is 17.3 Å². The fraction of sp³-hybridized carbons (Fsp3) is 0.552. The van der Waals surface area contributed by atoms with E-state index in [1.165, 1.54) is 16.7 Å². The second kappa shape index (κ2) is 7.95. The normalized spacial score (nSPS) is 35.8. The van der Waals surface area contributed by atoms with Gasteiger partial charge in [0.1, 0.15) is 11.9 Å². The lowest BCUT2D eigenvalue weighted by Crippen LogP contribution is -2.49. The molecule has 5 atom stereocenters. The largest absolute Gasteiger partial charge is 0.385 e. The monoisotopic (exact) mass is 447 g/mol. The minimum atomic E-state index is -0.913. The molecule has 0 amide bonds. The lowest BCUT2D eigenvalue weighted by Gasteiger charge is -2.44. The van der Waals surface area contributed by atoms with Gasteiger partial charge in [0.05, 0.1) is 12.2 Å². The highest BCUT2D eigenvalue weighted by atomic mass is 16.5. The van der Waals surface area contributed by atoms with E-state index in [9.17, 15) is 9.90 Å². The van der Waals surface area contributed by atoms with E-state index in [2.05, 4.69) is 62.8 Å². The van der Waals surface area contributed by atoms with Crippen molar-refractivity contribution in [1.29, 1.82) is 0 Å². The summed E-state index contributed by atoms with van der Waals surface area (Å²) < 4.78 is 6.81. The zero-order valence-electron chi connectivity index (χ0n) is 20.5. The maximum Gasteiger partial charge on any atom is 0.137 e. The van der Waals surface area contributed by atoms with Gasteiger partial charge in [0.2, 0.25) is 0 Å². The molecule has 4 nitrogen and oxygen atoms in total. The molecule has 33 heavy (non-hydrogen) atoms. The number of ether oxygens (including phenoxy) is 1. The fourth-order valence-electron chi connectivity index (χ4n) is 7.13. The summed E-state index contributed by atoms with van der Waals surface area (Å²) in [5.41, 5.74) is 5.80. The molecule has 4 aliphatic rings. The van der Waals surface area contributed by atoms with Gasteiger partial charge in [-0.1, -0.05) is 31.7 Å². The molecule has 0 bridgehead atoms. The first-order valence-electron chi connectivity index (χ1n) is 12.4. The molecule has 0 spiro atoms. The Kier molecular flexibility index (Phi) is 5.45. The summed E-state index contributed by atoms with van der Waals surface area (Å²) in [6.45, 7) is 8.86. The lowest BCUT2D eigenvalue weighted by molar-refractivity contribution is -0.118. The van der Waals surface area contributed by atoms with Crippen molar-refractivity contribution in [2.45, 2.75) is 64.1 Å². The van der Waals surface area contributed by atoms with Crippen LogP contribution in [0.15, 0.2) is 59.2 Å². The summed E-state index contributed by atoms with van der Waals surface area (Å²) >= 11 is 0. The molecule has 2 unspecified atom stereocenters. The number of ketones is 1. The van der Waals surface area contributed by atoms with E-state index in [-0.39, 0.29) is 11.5 Å². The predicted molar refractivity (Wildman–Crippen MR) is 132 cm³/mol. The van der Waals surface area contributed by atoms with E-state index in [4.69, 9.17) is 4.74 Å². The number of hydrogen-bond donors (Lipinski definition) is 1. The van der Waals surface area contributed by atoms with Crippen LogP contribution in [0.3, 0.4) is 0 Å². The van der Waals surface area contributed by atoms with Crippen molar-refractivity contribution in [3.8, 4) is 0 Å². The summed E-state index contributed by atoms with van der Waals surface area (Å²) in [7, 11) is 4.10. The Hall–Kier alpha value is -2.17. The number of nitrogens with zero attached hydrogens (tertiary/aromatic N) is 1. The smallest absolute Gasteiger partial charge is 0.137 e. The zero-order chi connectivity index (χ0) is 23.5. The lowest BCUT2D eigenvalue weighted by atomic mass is 9.61. The topological polar surface area (TPSA) is 49.8 Å². The molecule has 4 heteroatoms. The van der Waals surface area contributed by atoms with Gasteiger partial charge in [-0.25, -0.2) is 0 Å². The zero-order valence-corrected chi connectivity index (χ0v) is 20.5. The quantitative estimate of drug-likeness (QED) is 0.618. The van der Waals surface area contributed by atoms with Crippen LogP contribution >= 0.6 is 0 Å². The molecule has 3 aliphatic carbocycles. The number of carbonyl (C=O) groups excluding carboxylic acids is 1. The van der Waals surface area contributed by atoms with Crippen molar-refractivity contribution in [3.05, 3.63) is 64.8 Å². The second-order valence-electron chi connectivity index (χ2n) is 11.1. The van der Waals surface area contributed by atoms with Gasteiger partial charge in [0.25, 0.3) is 0 Å². The number of anilines is 1. The van der Waals surface area contributed by atoms with Crippen LogP contribution in [0.1, 0.15) is 64.0 Å². The van der Waals surface area contributed by atoms with E-state index in [1.807, 2.05) is 6.92 Å². The van der Waals surface area contributed by atoms with Crippen molar-refractivity contribution < 1.29 is 14.6 Å². The third-order valence-corrected chi connectivity index (χ3v) is 9.11. The van der Waals surface area contributed by atoms with Gasteiger partial charge in [0.15, 0.2) is 0 Å². The summed E-state index contributed by atoms with van der Waals surface area (Å²) in [6, 6.07) is 8.68. The average molecular weight is 448 g/mol. The van der Waals surface area contributed by atoms with E-state index < -0.39 is 5.60 Å². The molecule has 1 heterocycles. The molecule has 1 saturated heterocycles. The van der Waals surface area contributed by atoms with Crippen LogP contribution in [-0.4, -0.2) is 37.2 Å². The van der Waals surface area contributed by atoms with Crippen LogP contribution in [0.2, 0.25) is 0 Å². The van der Waals surface area contributed by atoms with E-state index in [0.29, 0.717) is 37.1 Å². The van der Waals surface area contributed by atoms with Crippen LogP contribution in [-0.2, 0) is 9.53 Å². The number of rotatable bonds is 3. The van der Waals surface area contributed by atoms with Crippen molar-refractivity contribution in [2.75, 3.05) is 25.6 Å². The Morgan fingerprint density at radius 3 is 2.61 bits per heavy atom. The molecule has 2 saturated carbocycles. The van der Waals surface area contributed by atoms with Gasteiger partial charge >= 0.3 is 0 Å². The molecule has 1 aliphatic heterocycles. The van der Waals surface area contributed by atoms with Gasteiger partial charge in [-0.15, -0.1) is 0 Å². The third kappa shape index (κ3) is 3.37. The van der Waals surface area contributed by atoms with E-state index >= 15 is 0 Å². The molecular weight excluding hydrogens is 410 g/mol. The minimum absolute atomic E-state index is 0.144.